The lowest BCUT2D eigenvalue weighted by Crippen LogP contribution is -2.52. The molecule has 2 heterocycles. The second-order valence-corrected chi connectivity index (χ2v) is 18.3. The van der Waals surface area contributed by atoms with Crippen LogP contribution in [0.15, 0.2) is 47.6 Å². The van der Waals surface area contributed by atoms with Gasteiger partial charge in [0.05, 0.1) is 36.1 Å². The third-order valence-corrected chi connectivity index (χ3v) is 14.8. The van der Waals surface area contributed by atoms with Crippen molar-refractivity contribution in [3.8, 4) is 0 Å². The van der Waals surface area contributed by atoms with E-state index in [4.69, 9.17) is 37.9 Å². The largest absolute Gasteiger partial charge is 0.392 e. The minimum Gasteiger partial charge on any atom is -0.392 e. The molecule has 2 saturated carbocycles. The molecule has 1 unspecified atom stereocenters. The van der Waals surface area contributed by atoms with Crippen molar-refractivity contribution in [3.63, 3.8) is 0 Å². The van der Waals surface area contributed by atoms with Crippen molar-refractivity contribution < 1.29 is 48.1 Å². The fourth-order valence-electron chi connectivity index (χ4n) is 10.4. The average molecular weight is 819 g/mol. The summed E-state index contributed by atoms with van der Waals surface area (Å²) in [5.41, 5.74) is 1.47. The number of allylic oxidation sites excluding steroid dienone is 4. The van der Waals surface area contributed by atoms with E-state index in [0.29, 0.717) is 23.7 Å². The monoisotopic (exact) mass is 819 g/mol. The molecule has 0 aromatic carbocycles. The van der Waals surface area contributed by atoms with Gasteiger partial charge in [-0.15, -0.1) is 0 Å². The van der Waals surface area contributed by atoms with Gasteiger partial charge >= 0.3 is 0 Å². The van der Waals surface area contributed by atoms with Crippen LogP contribution in [0.25, 0.3) is 0 Å². The third-order valence-electron chi connectivity index (χ3n) is 14.8. The Bertz CT molecular complexity index is 1340. The molecule has 0 radical (unpaired) electrons. The summed E-state index contributed by atoms with van der Waals surface area (Å²) in [4.78, 5) is 0. The highest BCUT2D eigenvalue weighted by atomic mass is 16.7. The molecule has 0 bridgehead atoms. The molecule has 4 rings (SSSR count). The molecule has 10 heteroatoms. The molecule has 0 aromatic heterocycles. The van der Waals surface area contributed by atoms with Crippen molar-refractivity contribution in [1.29, 1.82) is 0 Å². The number of aliphatic hydroxyl groups is 2. The van der Waals surface area contributed by atoms with Crippen LogP contribution in [0, 0.1) is 47.3 Å². The van der Waals surface area contributed by atoms with E-state index in [2.05, 4.69) is 78.8 Å². The standard InChI is InChI=1S/C48H82O10/c1-14-39(51-8)33(6)36-27-48(50,28-36)32(5)20-16-19-31(4)46-47(56-13)35(25-43(55-12)58-46)21-22-40(52-9)34(7)37-26-38(37)44(49)29(2)17-15-18-30(3)45-41(53-10)23-24-42(54-11)57-45/h15-20,29,32-47,49-50H,14,21-28H2,1-13H3/b17-15+,20-16+,30-18+,31-19+/t29-,32-,33-,34-,35?,36?,37-,38+,39-,40-,41+,42+,43+,44+,45+,46+,47-,48?/m0/s1. The van der Waals surface area contributed by atoms with Crippen LogP contribution in [0.5, 0.6) is 0 Å². The Morgan fingerprint density at radius 3 is 1.95 bits per heavy atom. The van der Waals surface area contributed by atoms with E-state index >= 15 is 0 Å². The molecule has 2 aliphatic heterocycles. The van der Waals surface area contributed by atoms with E-state index in [-0.39, 0.29) is 72.9 Å². The van der Waals surface area contributed by atoms with Crippen molar-refractivity contribution >= 4 is 0 Å². The zero-order valence-corrected chi connectivity index (χ0v) is 38.3. The highest BCUT2D eigenvalue weighted by Gasteiger charge is 2.50. The summed E-state index contributed by atoms with van der Waals surface area (Å²) in [7, 11) is 10.5. The van der Waals surface area contributed by atoms with Crippen LogP contribution in [0.1, 0.15) is 106 Å². The van der Waals surface area contributed by atoms with Gasteiger partial charge in [0.1, 0.15) is 12.2 Å². The molecular formula is C48H82O10. The minimum atomic E-state index is -0.680. The molecule has 10 nitrogen and oxygen atoms in total. The summed E-state index contributed by atoms with van der Waals surface area (Å²) in [5, 5.41) is 22.8. The van der Waals surface area contributed by atoms with Gasteiger partial charge in [0.25, 0.3) is 0 Å². The van der Waals surface area contributed by atoms with E-state index in [0.717, 1.165) is 68.9 Å². The SMILES string of the molecule is CC[C@H](OC)[C@@H](C)C1CC(O)([C@@H](C)/C=C/C=C(\C)[C@H]2O[C@@H](OC)CC(CC[C@H](OC)[C@@H](C)[C@@H]3C[C@H]3[C@H](O)[C@@H](C)/C=C/C=C(\C)[C@H]3O[C@@H](OC)CC[C@H]3OC)[C@@H]2OC)C1. The summed E-state index contributed by atoms with van der Waals surface area (Å²) in [5.74, 6) is 2.17. The lowest BCUT2D eigenvalue weighted by atomic mass is 9.60. The summed E-state index contributed by atoms with van der Waals surface area (Å²) < 4.78 is 47.5. The van der Waals surface area contributed by atoms with Crippen molar-refractivity contribution in [2.75, 3.05) is 42.7 Å². The maximum atomic E-state index is 11.4. The molecule has 0 amide bonds. The Hall–Kier alpha value is -1.44. The Morgan fingerprint density at radius 1 is 0.741 bits per heavy atom. The molecule has 0 aromatic rings. The summed E-state index contributed by atoms with van der Waals surface area (Å²) in [6, 6.07) is 0. The molecule has 2 aliphatic carbocycles. The topological polar surface area (TPSA) is 114 Å². The fraction of sp³-hybridized carbons (Fsp3) is 0.833. The maximum absolute atomic E-state index is 11.4. The normalized spacial score (nSPS) is 37.3. The third kappa shape index (κ3) is 12.4. The van der Waals surface area contributed by atoms with Crippen LogP contribution in [0.3, 0.4) is 0 Å². The Balaban J connectivity index is 1.30. The number of aliphatic hydroxyl groups excluding tert-OH is 1. The highest BCUT2D eigenvalue weighted by Crippen LogP contribution is 2.51. The van der Waals surface area contributed by atoms with Gasteiger partial charge in [-0.1, -0.05) is 71.1 Å². The van der Waals surface area contributed by atoms with Crippen molar-refractivity contribution in [2.45, 2.75) is 167 Å². The average Bonchev–Trinajstić information content (AvgIpc) is 4.03. The molecular weight excluding hydrogens is 737 g/mol. The minimum absolute atomic E-state index is 0.00495. The van der Waals surface area contributed by atoms with Gasteiger partial charge in [-0.25, -0.2) is 0 Å². The number of hydrogen-bond acceptors (Lipinski definition) is 10. The molecule has 0 spiro atoms. The van der Waals surface area contributed by atoms with Crippen molar-refractivity contribution in [2.24, 2.45) is 47.3 Å². The van der Waals surface area contributed by atoms with E-state index < -0.39 is 11.7 Å². The van der Waals surface area contributed by atoms with Crippen LogP contribution in [-0.4, -0.2) is 114 Å². The first-order valence-corrected chi connectivity index (χ1v) is 22.3. The number of rotatable bonds is 23. The van der Waals surface area contributed by atoms with Gasteiger partial charge in [-0.05, 0) is 105 Å². The predicted octanol–water partition coefficient (Wildman–Crippen LogP) is 8.45. The zero-order chi connectivity index (χ0) is 42.7. The molecule has 2 N–H and O–H groups in total. The number of ether oxygens (including phenoxy) is 8. The Morgan fingerprint density at radius 2 is 1.36 bits per heavy atom. The highest BCUT2D eigenvalue weighted by molar-refractivity contribution is 5.20. The zero-order valence-electron chi connectivity index (χ0n) is 38.3. The maximum Gasteiger partial charge on any atom is 0.158 e. The van der Waals surface area contributed by atoms with E-state index in [9.17, 15) is 10.2 Å². The first kappa shape index (κ1) is 49.2. The molecule has 2 saturated heterocycles. The van der Waals surface area contributed by atoms with Crippen LogP contribution in [-0.2, 0) is 37.9 Å². The second kappa shape index (κ2) is 23.1. The van der Waals surface area contributed by atoms with E-state index in [1.165, 1.54) is 0 Å². The first-order chi connectivity index (χ1) is 27.7. The van der Waals surface area contributed by atoms with Crippen molar-refractivity contribution in [1.82, 2.24) is 0 Å². The summed E-state index contributed by atoms with van der Waals surface area (Å²) in [6.45, 7) is 15.1. The van der Waals surface area contributed by atoms with E-state index in [1.807, 2.05) is 13.2 Å². The summed E-state index contributed by atoms with van der Waals surface area (Å²) in [6.07, 6.45) is 19.2. The van der Waals surface area contributed by atoms with E-state index in [1.54, 1.807) is 35.5 Å². The van der Waals surface area contributed by atoms with Gasteiger partial charge < -0.3 is 48.1 Å². The molecule has 334 valence electrons. The smallest absolute Gasteiger partial charge is 0.158 e. The Kier molecular flexibility index (Phi) is 19.6. The molecule has 58 heavy (non-hydrogen) atoms. The summed E-state index contributed by atoms with van der Waals surface area (Å²) >= 11 is 0. The van der Waals surface area contributed by atoms with Crippen LogP contribution in [0.4, 0.5) is 0 Å². The molecule has 16 atom stereocenters. The van der Waals surface area contributed by atoms with Gasteiger partial charge in [-0.2, -0.15) is 0 Å². The Labute approximate surface area is 352 Å². The van der Waals surface area contributed by atoms with Crippen LogP contribution in [0.2, 0.25) is 0 Å². The van der Waals surface area contributed by atoms with Crippen LogP contribution < -0.4 is 0 Å². The predicted molar refractivity (Wildman–Crippen MR) is 229 cm³/mol. The van der Waals surface area contributed by atoms with Crippen LogP contribution >= 0.6 is 0 Å². The lowest BCUT2D eigenvalue weighted by Gasteiger charge is -2.50. The fourth-order valence-corrected chi connectivity index (χ4v) is 10.4. The van der Waals surface area contributed by atoms with Gasteiger partial charge in [0.2, 0.25) is 0 Å². The quantitative estimate of drug-likeness (QED) is 0.0975. The van der Waals surface area contributed by atoms with Gasteiger partial charge in [0.15, 0.2) is 12.6 Å². The van der Waals surface area contributed by atoms with Crippen molar-refractivity contribution in [3.05, 3.63) is 47.6 Å². The molecule has 4 aliphatic rings. The first-order valence-electron chi connectivity index (χ1n) is 22.3. The van der Waals surface area contributed by atoms with Gasteiger partial charge in [-0.3, -0.25) is 0 Å². The molecule has 4 fully saturated rings. The second-order valence-electron chi connectivity index (χ2n) is 18.3. The lowest BCUT2D eigenvalue weighted by molar-refractivity contribution is -0.225. The number of methoxy groups -OCH3 is 6. The van der Waals surface area contributed by atoms with Gasteiger partial charge in [0, 0.05) is 67.3 Å². The number of hydrogen-bond donors (Lipinski definition) is 2.